The van der Waals surface area contributed by atoms with E-state index in [2.05, 4.69) is 5.32 Å². The Morgan fingerprint density at radius 1 is 1.26 bits per heavy atom. The van der Waals surface area contributed by atoms with Gasteiger partial charge in [0.05, 0.1) is 13.0 Å². The molecule has 1 N–H and O–H groups in total. The van der Waals surface area contributed by atoms with Crippen LogP contribution in [0.25, 0.3) is 0 Å². The summed E-state index contributed by atoms with van der Waals surface area (Å²) in [5.74, 6) is -0.702. The van der Waals surface area contributed by atoms with Crippen molar-refractivity contribution >= 4 is 23.5 Å². The van der Waals surface area contributed by atoms with E-state index in [4.69, 9.17) is 4.74 Å². The normalized spacial score (nSPS) is 10.3. The molecular weight excluding hydrogens is 296 g/mol. The summed E-state index contributed by atoms with van der Waals surface area (Å²) in [4.78, 5) is 36.9. The highest BCUT2D eigenvalue weighted by molar-refractivity contribution is 5.97. The summed E-state index contributed by atoms with van der Waals surface area (Å²) in [5.41, 5.74) is 1.03. The van der Waals surface area contributed by atoms with Crippen LogP contribution < -0.4 is 5.32 Å². The number of benzene rings is 1. The Hall–Kier alpha value is -2.37. The van der Waals surface area contributed by atoms with Gasteiger partial charge < -0.3 is 15.0 Å². The van der Waals surface area contributed by atoms with Crippen molar-refractivity contribution in [2.45, 2.75) is 40.2 Å². The molecule has 0 aliphatic carbocycles. The number of esters is 1. The minimum Gasteiger partial charge on any atom is -0.466 e. The molecule has 1 rings (SSSR count). The van der Waals surface area contributed by atoms with Gasteiger partial charge in [-0.3, -0.25) is 14.4 Å². The molecule has 0 saturated heterocycles. The average Bonchev–Trinajstić information content (AvgIpc) is 2.46. The SMILES string of the molecule is CCOC(=O)CCN(C(=O)c1cccc(NC(C)=O)c1)C(C)C. The van der Waals surface area contributed by atoms with Crippen LogP contribution in [-0.4, -0.2) is 41.9 Å². The standard InChI is InChI=1S/C17H24N2O4/c1-5-23-16(21)9-10-19(12(2)3)17(22)14-7-6-8-15(11-14)18-13(4)20/h6-8,11-12H,5,9-10H2,1-4H3,(H,18,20). The van der Waals surface area contributed by atoms with E-state index in [0.29, 0.717) is 24.4 Å². The van der Waals surface area contributed by atoms with Gasteiger partial charge >= 0.3 is 5.97 Å². The van der Waals surface area contributed by atoms with Crippen molar-refractivity contribution < 1.29 is 19.1 Å². The molecule has 1 aromatic carbocycles. The number of hydrogen-bond acceptors (Lipinski definition) is 4. The lowest BCUT2D eigenvalue weighted by molar-refractivity contribution is -0.143. The van der Waals surface area contributed by atoms with Gasteiger partial charge in [0.25, 0.3) is 5.91 Å². The zero-order valence-electron chi connectivity index (χ0n) is 14.1. The maximum Gasteiger partial charge on any atom is 0.307 e. The molecule has 2 amide bonds. The van der Waals surface area contributed by atoms with Crippen LogP contribution in [0.3, 0.4) is 0 Å². The highest BCUT2D eigenvalue weighted by Crippen LogP contribution is 2.15. The zero-order chi connectivity index (χ0) is 17.4. The largest absolute Gasteiger partial charge is 0.466 e. The number of ether oxygens (including phenoxy) is 1. The molecule has 0 unspecified atom stereocenters. The average molecular weight is 320 g/mol. The first kappa shape index (κ1) is 18.7. The molecule has 0 aliphatic rings. The van der Waals surface area contributed by atoms with Crippen LogP contribution in [0, 0.1) is 0 Å². The minimum atomic E-state index is -0.321. The van der Waals surface area contributed by atoms with Crippen LogP contribution in [0.2, 0.25) is 0 Å². The summed E-state index contributed by atoms with van der Waals surface area (Å²) in [5, 5.41) is 2.65. The molecule has 0 saturated carbocycles. The van der Waals surface area contributed by atoms with E-state index in [9.17, 15) is 14.4 Å². The Kier molecular flexibility index (Phi) is 7.25. The van der Waals surface area contributed by atoms with Gasteiger partial charge in [-0.25, -0.2) is 0 Å². The van der Waals surface area contributed by atoms with E-state index in [-0.39, 0.29) is 30.2 Å². The molecule has 0 bridgehead atoms. The Bertz CT molecular complexity index is 569. The lowest BCUT2D eigenvalue weighted by Crippen LogP contribution is -2.38. The molecule has 6 nitrogen and oxygen atoms in total. The summed E-state index contributed by atoms with van der Waals surface area (Å²) in [6.07, 6.45) is 0.156. The first-order chi connectivity index (χ1) is 10.8. The van der Waals surface area contributed by atoms with Crippen molar-refractivity contribution in [3.05, 3.63) is 29.8 Å². The first-order valence-electron chi connectivity index (χ1n) is 7.69. The molecule has 0 spiro atoms. The molecule has 126 valence electrons. The third-order valence-electron chi connectivity index (χ3n) is 3.18. The monoisotopic (exact) mass is 320 g/mol. The van der Waals surface area contributed by atoms with E-state index in [1.807, 2.05) is 13.8 Å². The molecule has 6 heteroatoms. The highest BCUT2D eigenvalue weighted by Gasteiger charge is 2.20. The van der Waals surface area contributed by atoms with Gasteiger partial charge in [0.2, 0.25) is 5.91 Å². The van der Waals surface area contributed by atoms with Crippen molar-refractivity contribution in [2.24, 2.45) is 0 Å². The van der Waals surface area contributed by atoms with Crippen molar-refractivity contribution in [2.75, 3.05) is 18.5 Å². The number of carbonyl (C=O) groups excluding carboxylic acids is 3. The summed E-state index contributed by atoms with van der Waals surface area (Å²) >= 11 is 0. The topological polar surface area (TPSA) is 75.7 Å². The minimum absolute atomic E-state index is 0.0543. The molecule has 0 aliphatic heterocycles. The number of anilines is 1. The predicted molar refractivity (Wildman–Crippen MR) is 88.2 cm³/mol. The Labute approximate surface area is 136 Å². The van der Waals surface area contributed by atoms with Gasteiger partial charge in [0.15, 0.2) is 0 Å². The van der Waals surface area contributed by atoms with E-state index < -0.39 is 0 Å². The van der Waals surface area contributed by atoms with Gasteiger partial charge in [0, 0.05) is 30.8 Å². The van der Waals surface area contributed by atoms with E-state index in [0.717, 1.165) is 0 Å². The summed E-state index contributed by atoms with van der Waals surface area (Å²) in [6.45, 7) is 7.55. The van der Waals surface area contributed by atoms with Crippen LogP contribution in [0.1, 0.15) is 44.5 Å². The van der Waals surface area contributed by atoms with Gasteiger partial charge in [0.1, 0.15) is 0 Å². The van der Waals surface area contributed by atoms with Gasteiger partial charge in [-0.1, -0.05) is 6.07 Å². The number of rotatable bonds is 7. The third-order valence-corrected chi connectivity index (χ3v) is 3.18. The molecule has 0 atom stereocenters. The Morgan fingerprint density at radius 2 is 1.96 bits per heavy atom. The third kappa shape index (κ3) is 6.10. The van der Waals surface area contributed by atoms with Gasteiger partial charge in [-0.2, -0.15) is 0 Å². The highest BCUT2D eigenvalue weighted by atomic mass is 16.5. The fraction of sp³-hybridized carbons (Fsp3) is 0.471. The van der Waals surface area contributed by atoms with Crippen LogP contribution in [-0.2, 0) is 14.3 Å². The maximum atomic E-state index is 12.7. The second kappa shape index (κ2) is 8.92. The van der Waals surface area contributed by atoms with Gasteiger partial charge in [-0.15, -0.1) is 0 Å². The fourth-order valence-electron chi connectivity index (χ4n) is 2.14. The number of nitrogens with one attached hydrogen (secondary N) is 1. The van der Waals surface area contributed by atoms with E-state index >= 15 is 0 Å². The van der Waals surface area contributed by atoms with Crippen LogP contribution in [0.15, 0.2) is 24.3 Å². The number of carbonyl (C=O) groups is 3. The molecule has 23 heavy (non-hydrogen) atoms. The summed E-state index contributed by atoms with van der Waals surface area (Å²) < 4.78 is 4.90. The molecule has 1 aromatic rings. The molecule has 0 aromatic heterocycles. The lowest BCUT2D eigenvalue weighted by Gasteiger charge is -2.26. The second-order valence-corrected chi connectivity index (χ2v) is 5.41. The second-order valence-electron chi connectivity index (χ2n) is 5.41. The summed E-state index contributed by atoms with van der Waals surface area (Å²) in [6, 6.07) is 6.69. The van der Waals surface area contributed by atoms with Crippen molar-refractivity contribution in [3.8, 4) is 0 Å². The lowest BCUT2D eigenvalue weighted by atomic mass is 10.1. The van der Waals surface area contributed by atoms with E-state index in [1.165, 1.54) is 6.92 Å². The van der Waals surface area contributed by atoms with Crippen LogP contribution >= 0.6 is 0 Å². The van der Waals surface area contributed by atoms with Crippen LogP contribution in [0.5, 0.6) is 0 Å². The molecule has 0 fully saturated rings. The number of nitrogens with zero attached hydrogens (tertiary/aromatic N) is 1. The molecular formula is C17H24N2O4. The smallest absolute Gasteiger partial charge is 0.307 e. The zero-order valence-corrected chi connectivity index (χ0v) is 14.1. The van der Waals surface area contributed by atoms with Crippen molar-refractivity contribution in [3.63, 3.8) is 0 Å². The molecule has 0 radical (unpaired) electrons. The van der Waals surface area contributed by atoms with E-state index in [1.54, 1.807) is 36.1 Å². The number of amides is 2. The van der Waals surface area contributed by atoms with Crippen molar-refractivity contribution in [1.82, 2.24) is 4.90 Å². The van der Waals surface area contributed by atoms with Crippen LogP contribution in [0.4, 0.5) is 5.69 Å². The molecule has 0 heterocycles. The number of hydrogen-bond donors (Lipinski definition) is 1. The Balaban J connectivity index is 2.85. The summed E-state index contributed by atoms with van der Waals surface area (Å²) in [7, 11) is 0. The first-order valence-corrected chi connectivity index (χ1v) is 7.69. The maximum absolute atomic E-state index is 12.7. The van der Waals surface area contributed by atoms with Crippen molar-refractivity contribution in [1.29, 1.82) is 0 Å². The van der Waals surface area contributed by atoms with Gasteiger partial charge in [-0.05, 0) is 39.0 Å². The fourth-order valence-corrected chi connectivity index (χ4v) is 2.14. The predicted octanol–water partition coefficient (Wildman–Crippen LogP) is 2.45. The quantitative estimate of drug-likeness (QED) is 0.783. The Morgan fingerprint density at radius 3 is 2.52 bits per heavy atom.